The molecule has 2 fully saturated rings. The number of nitrogens with one attached hydrogen (secondary N) is 2. The van der Waals surface area contributed by atoms with Gasteiger partial charge in [0.15, 0.2) is 5.13 Å². The van der Waals surface area contributed by atoms with Crippen molar-refractivity contribution in [3.05, 3.63) is 4.88 Å². The number of fused-ring (bicyclic) bond motifs is 1. The van der Waals surface area contributed by atoms with Crippen molar-refractivity contribution in [1.82, 2.24) is 15.2 Å². The number of hydrogen-bond acceptors (Lipinski definition) is 6. The Kier molecular flexibility index (Phi) is 3.80. The number of nitrogens with two attached hydrogens (primary N) is 1. The van der Waals surface area contributed by atoms with Crippen molar-refractivity contribution in [2.45, 2.75) is 38.3 Å². The van der Waals surface area contributed by atoms with Crippen molar-refractivity contribution >= 4 is 28.2 Å². The standard InChI is InChI=1S/C13H21N5OS/c1-2-15-13-17-11(14)10(20-13)12(19)16-8-5-7-18-6-3-4-9(8)18/h8-9H,2-7,14H2,1H3,(H,15,17)(H,16,19). The normalized spacial score (nSPS) is 25.6. The van der Waals surface area contributed by atoms with Crippen LogP contribution in [0.3, 0.4) is 0 Å². The second kappa shape index (κ2) is 5.57. The predicted octanol–water partition coefficient (Wildman–Crippen LogP) is 1.12. The molecule has 1 aromatic heterocycles. The minimum Gasteiger partial charge on any atom is -0.382 e. The minimum absolute atomic E-state index is 0.0806. The van der Waals surface area contributed by atoms with Crippen LogP contribution in [0.15, 0.2) is 0 Å². The Morgan fingerprint density at radius 2 is 2.35 bits per heavy atom. The fourth-order valence-corrected chi connectivity index (χ4v) is 4.06. The predicted molar refractivity (Wildman–Crippen MR) is 81.2 cm³/mol. The van der Waals surface area contributed by atoms with Crippen molar-refractivity contribution in [2.75, 3.05) is 30.7 Å². The van der Waals surface area contributed by atoms with E-state index in [0.29, 0.717) is 21.9 Å². The first kappa shape index (κ1) is 13.6. The van der Waals surface area contributed by atoms with Gasteiger partial charge in [0.25, 0.3) is 5.91 Å². The summed E-state index contributed by atoms with van der Waals surface area (Å²) >= 11 is 1.33. The van der Waals surface area contributed by atoms with Gasteiger partial charge in [-0.3, -0.25) is 9.69 Å². The van der Waals surface area contributed by atoms with E-state index in [9.17, 15) is 4.79 Å². The molecular formula is C13H21N5OS. The summed E-state index contributed by atoms with van der Waals surface area (Å²) in [6.45, 7) is 5.03. The molecule has 3 rings (SSSR count). The third-order valence-corrected chi connectivity index (χ3v) is 5.14. The van der Waals surface area contributed by atoms with E-state index in [1.807, 2.05) is 6.92 Å². The van der Waals surface area contributed by atoms with Gasteiger partial charge in [-0.2, -0.15) is 0 Å². The molecule has 3 heterocycles. The molecule has 2 unspecified atom stereocenters. The van der Waals surface area contributed by atoms with Crippen LogP contribution in [0.2, 0.25) is 0 Å². The lowest BCUT2D eigenvalue weighted by Gasteiger charge is -2.20. The van der Waals surface area contributed by atoms with Crippen LogP contribution in [0.4, 0.5) is 10.9 Å². The second-order valence-electron chi connectivity index (χ2n) is 5.38. The lowest BCUT2D eigenvalue weighted by atomic mass is 10.1. The maximum atomic E-state index is 12.4. The van der Waals surface area contributed by atoms with Crippen LogP contribution in [-0.4, -0.2) is 47.5 Å². The molecule has 1 amide bonds. The first-order valence-corrected chi connectivity index (χ1v) is 8.05. The number of anilines is 2. The van der Waals surface area contributed by atoms with Gasteiger partial charge < -0.3 is 16.4 Å². The number of carbonyl (C=O) groups is 1. The summed E-state index contributed by atoms with van der Waals surface area (Å²) in [5.41, 5.74) is 5.84. The smallest absolute Gasteiger partial charge is 0.265 e. The summed E-state index contributed by atoms with van der Waals surface area (Å²) in [5, 5.41) is 6.95. The van der Waals surface area contributed by atoms with Gasteiger partial charge in [-0.1, -0.05) is 11.3 Å². The molecule has 110 valence electrons. The molecule has 20 heavy (non-hydrogen) atoms. The summed E-state index contributed by atoms with van der Waals surface area (Å²) in [7, 11) is 0. The third-order valence-electron chi connectivity index (χ3n) is 4.11. The third kappa shape index (κ3) is 2.47. The number of amides is 1. The average molecular weight is 295 g/mol. The Morgan fingerprint density at radius 3 is 3.15 bits per heavy atom. The largest absolute Gasteiger partial charge is 0.382 e. The zero-order valence-electron chi connectivity index (χ0n) is 11.7. The van der Waals surface area contributed by atoms with Crippen molar-refractivity contribution in [3.63, 3.8) is 0 Å². The minimum atomic E-state index is -0.0806. The summed E-state index contributed by atoms with van der Waals surface area (Å²) in [5.74, 6) is 0.243. The lowest BCUT2D eigenvalue weighted by Crippen LogP contribution is -2.42. The van der Waals surface area contributed by atoms with E-state index in [4.69, 9.17) is 5.73 Å². The van der Waals surface area contributed by atoms with Gasteiger partial charge in [-0.15, -0.1) is 0 Å². The van der Waals surface area contributed by atoms with Gasteiger partial charge in [-0.05, 0) is 32.7 Å². The summed E-state index contributed by atoms with van der Waals surface area (Å²) in [6.07, 6.45) is 3.46. The van der Waals surface area contributed by atoms with Crippen LogP contribution in [-0.2, 0) is 0 Å². The Labute approximate surface area is 122 Å². The van der Waals surface area contributed by atoms with Crippen LogP contribution in [0.5, 0.6) is 0 Å². The first-order chi connectivity index (χ1) is 9.69. The lowest BCUT2D eigenvalue weighted by molar-refractivity contribution is 0.0934. The molecule has 0 radical (unpaired) electrons. The monoisotopic (exact) mass is 295 g/mol. The molecule has 2 aliphatic heterocycles. The number of hydrogen-bond donors (Lipinski definition) is 3. The van der Waals surface area contributed by atoms with Crippen LogP contribution < -0.4 is 16.4 Å². The highest BCUT2D eigenvalue weighted by Gasteiger charge is 2.38. The van der Waals surface area contributed by atoms with Gasteiger partial charge in [0.2, 0.25) is 0 Å². The molecule has 0 bridgehead atoms. The topological polar surface area (TPSA) is 83.3 Å². The second-order valence-corrected chi connectivity index (χ2v) is 6.38. The maximum Gasteiger partial charge on any atom is 0.265 e. The molecule has 0 aliphatic carbocycles. The van der Waals surface area contributed by atoms with Crippen molar-refractivity contribution in [1.29, 1.82) is 0 Å². The quantitative estimate of drug-likeness (QED) is 0.775. The molecule has 0 aromatic carbocycles. The highest BCUT2D eigenvalue weighted by Crippen LogP contribution is 2.29. The highest BCUT2D eigenvalue weighted by molar-refractivity contribution is 7.18. The van der Waals surface area contributed by atoms with Crippen LogP contribution in [0.1, 0.15) is 35.9 Å². The molecule has 0 saturated carbocycles. The number of nitrogens with zero attached hydrogens (tertiary/aromatic N) is 2. The fourth-order valence-electron chi connectivity index (χ4n) is 3.21. The van der Waals surface area contributed by atoms with Crippen LogP contribution in [0.25, 0.3) is 0 Å². The van der Waals surface area contributed by atoms with Gasteiger partial charge >= 0.3 is 0 Å². The summed E-state index contributed by atoms with van der Waals surface area (Å²) < 4.78 is 0. The van der Waals surface area contributed by atoms with E-state index < -0.39 is 0 Å². The van der Waals surface area contributed by atoms with E-state index in [-0.39, 0.29) is 11.9 Å². The number of aromatic nitrogens is 1. The molecule has 4 N–H and O–H groups in total. The van der Waals surface area contributed by atoms with Crippen molar-refractivity contribution in [2.24, 2.45) is 0 Å². The Morgan fingerprint density at radius 1 is 1.50 bits per heavy atom. The molecule has 2 saturated heterocycles. The first-order valence-electron chi connectivity index (χ1n) is 7.24. The number of carbonyl (C=O) groups excluding carboxylic acids is 1. The van der Waals surface area contributed by atoms with Gasteiger partial charge in [0.05, 0.1) is 0 Å². The van der Waals surface area contributed by atoms with Gasteiger partial charge in [0, 0.05) is 25.2 Å². The Balaban J connectivity index is 1.67. The average Bonchev–Trinajstić information content (AvgIpc) is 3.07. The zero-order chi connectivity index (χ0) is 14.1. The highest BCUT2D eigenvalue weighted by atomic mass is 32.1. The number of thiazole rings is 1. The zero-order valence-corrected chi connectivity index (χ0v) is 12.5. The van der Waals surface area contributed by atoms with E-state index in [1.54, 1.807) is 0 Å². The number of nitrogen functional groups attached to an aromatic ring is 1. The molecule has 1 aromatic rings. The van der Waals surface area contributed by atoms with E-state index in [0.717, 1.165) is 19.5 Å². The maximum absolute atomic E-state index is 12.4. The van der Waals surface area contributed by atoms with E-state index >= 15 is 0 Å². The summed E-state index contributed by atoms with van der Waals surface area (Å²) in [6, 6.07) is 0.774. The molecule has 6 nitrogen and oxygen atoms in total. The Bertz CT molecular complexity index is 503. The van der Waals surface area contributed by atoms with E-state index in [2.05, 4.69) is 20.5 Å². The number of rotatable bonds is 4. The van der Waals surface area contributed by atoms with Gasteiger partial charge in [0.1, 0.15) is 10.7 Å². The SMILES string of the molecule is CCNc1nc(N)c(C(=O)NC2CCN3CCCC23)s1. The Hall–Kier alpha value is -1.34. The van der Waals surface area contributed by atoms with E-state index in [1.165, 1.54) is 30.7 Å². The molecule has 2 atom stereocenters. The van der Waals surface area contributed by atoms with Crippen molar-refractivity contribution in [3.8, 4) is 0 Å². The molecule has 0 spiro atoms. The molecular weight excluding hydrogens is 274 g/mol. The molecule has 7 heteroatoms. The van der Waals surface area contributed by atoms with Crippen LogP contribution >= 0.6 is 11.3 Å². The van der Waals surface area contributed by atoms with Gasteiger partial charge in [-0.25, -0.2) is 4.98 Å². The fraction of sp³-hybridized carbons (Fsp3) is 0.692. The van der Waals surface area contributed by atoms with Crippen molar-refractivity contribution < 1.29 is 4.79 Å². The van der Waals surface area contributed by atoms with Crippen LogP contribution in [0, 0.1) is 0 Å². The summed E-state index contributed by atoms with van der Waals surface area (Å²) in [4.78, 5) is 19.5. The molecule has 2 aliphatic rings.